The molecular formula is C48H59N4O15S4-3. The molecule has 0 spiro atoms. The molecule has 0 saturated carbocycles. The highest BCUT2D eigenvalue weighted by Crippen LogP contribution is 2.48. The Morgan fingerprint density at radius 3 is 1.86 bits per heavy atom. The number of hydrogen-bond donors (Lipinski definition) is 1. The van der Waals surface area contributed by atoms with Crippen molar-refractivity contribution in [3.05, 3.63) is 107 Å². The summed E-state index contributed by atoms with van der Waals surface area (Å²) in [5.41, 5.74) is 1.56. The molecule has 23 heteroatoms. The molecule has 3 amide bonds. The van der Waals surface area contributed by atoms with E-state index < -0.39 is 72.6 Å². The molecule has 0 bridgehead atoms. The Balaban J connectivity index is 1.34. The summed E-state index contributed by atoms with van der Waals surface area (Å²) in [6.07, 6.45) is 19.7. The first-order chi connectivity index (χ1) is 33.0. The number of imide groups is 1. The Morgan fingerprint density at radius 2 is 1.24 bits per heavy atom. The predicted molar refractivity (Wildman–Crippen MR) is 261 cm³/mol. The summed E-state index contributed by atoms with van der Waals surface area (Å²) in [7, 11) is -19.0. The molecule has 388 valence electrons. The van der Waals surface area contributed by atoms with Crippen LogP contribution in [0, 0.1) is 0 Å². The van der Waals surface area contributed by atoms with Crippen molar-refractivity contribution < 1.29 is 70.8 Å². The Kier molecular flexibility index (Phi) is 18.5. The number of hydrogen-bond acceptors (Lipinski definition) is 16. The van der Waals surface area contributed by atoms with E-state index in [1.807, 2.05) is 0 Å². The maximum Gasteiger partial charge on any atom is 0.253 e. The summed E-state index contributed by atoms with van der Waals surface area (Å²) in [5, 5.41) is 2.93. The molecule has 5 rings (SSSR count). The van der Waals surface area contributed by atoms with Crippen LogP contribution < -0.4 is 10.2 Å². The van der Waals surface area contributed by atoms with Gasteiger partial charge in [-0.1, -0.05) is 63.8 Å². The molecule has 0 radical (unpaired) electrons. The molecule has 2 aromatic rings. The molecule has 0 saturated heterocycles. The van der Waals surface area contributed by atoms with Crippen LogP contribution in [0.15, 0.2) is 106 Å². The zero-order valence-electron chi connectivity index (χ0n) is 40.0. The second kappa shape index (κ2) is 23.2. The zero-order chi connectivity index (χ0) is 52.6. The summed E-state index contributed by atoms with van der Waals surface area (Å²) in [6, 6.07) is 7.52. The number of amides is 3. The number of unbranched alkanes of at least 4 members (excludes halogenated alkanes) is 6. The van der Waals surface area contributed by atoms with Crippen LogP contribution in [0.3, 0.4) is 0 Å². The number of nitrogens with zero attached hydrogens (tertiary/aromatic N) is 3. The third-order valence-electron chi connectivity index (χ3n) is 12.7. The van der Waals surface area contributed by atoms with Crippen molar-refractivity contribution in [1.82, 2.24) is 10.2 Å². The van der Waals surface area contributed by atoms with Gasteiger partial charge in [-0.2, -0.15) is 4.58 Å². The first kappa shape index (κ1) is 56.8. The van der Waals surface area contributed by atoms with Gasteiger partial charge in [-0.25, -0.2) is 33.7 Å². The smallest absolute Gasteiger partial charge is 0.253 e. The minimum absolute atomic E-state index is 0.0713. The van der Waals surface area contributed by atoms with E-state index in [1.54, 1.807) is 73.6 Å². The number of anilines is 1. The number of carbonyl (C=O) groups excluding carboxylic acids is 3. The summed E-state index contributed by atoms with van der Waals surface area (Å²) in [5.74, 6) is -2.20. The lowest BCUT2D eigenvalue weighted by molar-refractivity contribution is -0.432. The topological polar surface area (TPSA) is 302 Å². The quantitative estimate of drug-likeness (QED) is 0.0442. The molecule has 3 aliphatic heterocycles. The van der Waals surface area contributed by atoms with Gasteiger partial charge in [0.05, 0.1) is 36.8 Å². The number of allylic oxidation sites excluding steroid dienone is 8. The minimum atomic E-state index is -4.85. The summed E-state index contributed by atoms with van der Waals surface area (Å²) >= 11 is 0. The molecule has 2 aromatic carbocycles. The van der Waals surface area contributed by atoms with E-state index in [-0.39, 0.29) is 30.8 Å². The van der Waals surface area contributed by atoms with Crippen molar-refractivity contribution in [2.75, 3.05) is 42.6 Å². The van der Waals surface area contributed by atoms with Crippen molar-refractivity contribution >= 4 is 75.3 Å². The van der Waals surface area contributed by atoms with Gasteiger partial charge in [0.15, 0.2) is 12.3 Å². The van der Waals surface area contributed by atoms with Crippen LogP contribution in [0.25, 0.3) is 0 Å². The minimum Gasteiger partial charge on any atom is -0.748 e. The van der Waals surface area contributed by atoms with Crippen LogP contribution in [0.1, 0.15) is 103 Å². The molecule has 3 aliphatic rings. The van der Waals surface area contributed by atoms with Gasteiger partial charge in [0.1, 0.15) is 30.4 Å². The standard InChI is InChI=1S/C48H62N4O15S4/c1-47(2)38-33-36(70(62,63)64)21-23-40(38)50(29-31-68(56,57)58)42(47)18-13-16-35(15-9-5-6-10-20-44(53)49-27-11-7-8-12-28-52-45(54)25-26-46(52)55)17-14-19-43-48(3,4)39-34-37(71(65,66)67)22-24-41(39)51(43)30-32-69(59,60)61/h13-14,16-19,21-26,33-34H,5-12,15,20,27-32H2,1-4H3,(H4-,49,53,56,57,58,59,60,61,62,63,64,65,66,67)/p-3. The van der Waals surface area contributed by atoms with Crippen LogP contribution >= 0.6 is 0 Å². The van der Waals surface area contributed by atoms with Crippen LogP contribution in [-0.4, -0.2) is 122 Å². The average Bonchev–Trinajstić information content (AvgIpc) is 3.78. The third kappa shape index (κ3) is 15.4. The van der Waals surface area contributed by atoms with Crippen molar-refractivity contribution in [3.8, 4) is 0 Å². The van der Waals surface area contributed by atoms with Crippen molar-refractivity contribution in [1.29, 1.82) is 0 Å². The maximum absolute atomic E-state index is 12.5. The molecule has 19 nitrogen and oxygen atoms in total. The molecule has 1 N–H and O–H groups in total. The SMILES string of the molecule is CC1(C)C(/C=C/C=C(/C=C/C=C2/N(CCS(=O)(=O)[O-])c3ccc(S(=O)(=O)[O-])cc3C2(C)C)CCCCCCC(=O)NCCCCCCN2C(=O)C=CC2=O)=[N+](CCS(=O)(=O)[O-])c2ccc(S(=O)(=O)[O-])cc21. The van der Waals surface area contributed by atoms with E-state index >= 15 is 0 Å². The highest BCUT2D eigenvalue weighted by Gasteiger charge is 2.45. The van der Waals surface area contributed by atoms with E-state index in [0.29, 0.717) is 79.1 Å². The van der Waals surface area contributed by atoms with Gasteiger partial charge in [-0.15, -0.1) is 0 Å². The van der Waals surface area contributed by atoms with Gasteiger partial charge in [0.2, 0.25) is 11.6 Å². The van der Waals surface area contributed by atoms with Gasteiger partial charge in [0, 0.05) is 72.7 Å². The highest BCUT2D eigenvalue weighted by molar-refractivity contribution is 7.86. The Hall–Kier alpha value is -5.14. The van der Waals surface area contributed by atoms with Crippen molar-refractivity contribution in [3.63, 3.8) is 0 Å². The van der Waals surface area contributed by atoms with Crippen LogP contribution in [0.2, 0.25) is 0 Å². The van der Waals surface area contributed by atoms with Gasteiger partial charge in [-0.3, -0.25) is 19.3 Å². The van der Waals surface area contributed by atoms with E-state index in [0.717, 1.165) is 49.8 Å². The lowest BCUT2D eigenvalue weighted by Gasteiger charge is -2.27. The Bertz CT molecular complexity index is 3020. The monoisotopic (exact) mass is 1060 g/mol. The van der Waals surface area contributed by atoms with E-state index in [4.69, 9.17) is 0 Å². The summed E-state index contributed by atoms with van der Waals surface area (Å²) < 4.78 is 144. The third-order valence-corrected chi connectivity index (χ3v) is 15.7. The normalized spacial score (nSPS) is 17.7. The number of nitrogens with one attached hydrogen (secondary N) is 1. The molecule has 0 aromatic heterocycles. The van der Waals surface area contributed by atoms with Crippen LogP contribution in [-0.2, 0) is 65.7 Å². The molecular weight excluding hydrogens is 1000 g/mol. The van der Waals surface area contributed by atoms with Gasteiger partial charge < -0.3 is 28.4 Å². The van der Waals surface area contributed by atoms with Gasteiger partial charge in [-0.05, 0) is 93.5 Å². The largest absolute Gasteiger partial charge is 0.748 e. The summed E-state index contributed by atoms with van der Waals surface area (Å²) in [4.78, 5) is 37.8. The Labute approximate surface area is 416 Å². The second-order valence-corrected chi connectivity index (χ2v) is 24.4. The molecule has 0 aliphatic carbocycles. The molecule has 0 fully saturated rings. The Morgan fingerprint density at radius 1 is 0.662 bits per heavy atom. The zero-order valence-corrected chi connectivity index (χ0v) is 43.3. The fraction of sp³-hybridized carbons (Fsp3) is 0.458. The van der Waals surface area contributed by atoms with E-state index in [1.165, 1.54) is 41.3 Å². The lowest BCUT2D eigenvalue weighted by Crippen LogP contribution is -2.30. The predicted octanol–water partition coefficient (Wildman–Crippen LogP) is 4.62. The fourth-order valence-corrected chi connectivity index (χ4v) is 10.7. The molecule has 3 heterocycles. The van der Waals surface area contributed by atoms with Crippen molar-refractivity contribution in [2.24, 2.45) is 0 Å². The average molecular weight is 1060 g/mol. The molecule has 71 heavy (non-hydrogen) atoms. The molecule has 0 atom stereocenters. The summed E-state index contributed by atoms with van der Waals surface area (Å²) in [6.45, 7) is 7.41. The number of benzene rings is 2. The van der Waals surface area contributed by atoms with E-state index in [2.05, 4.69) is 5.32 Å². The maximum atomic E-state index is 12.5. The first-order valence-corrected chi connectivity index (χ1v) is 29.0. The van der Waals surface area contributed by atoms with Crippen LogP contribution in [0.5, 0.6) is 0 Å². The van der Waals surface area contributed by atoms with Crippen LogP contribution in [0.4, 0.5) is 11.4 Å². The first-order valence-electron chi connectivity index (χ1n) is 23.1. The highest BCUT2D eigenvalue weighted by atomic mass is 32.2. The fourth-order valence-electron chi connectivity index (χ4n) is 8.94. The van der Waals surface area contributed by atoms with Gasteiger partial charge >= 0.3 is 0 Å². The number of rotatable bonds is 26. The number of fused-ring (bicyclic) bond motifs is 2. The van der Waals surface area contributed by atoms with Crippen molar-refractivity contribution in [2.45, 2.75) is 113 Å². The number of carbonyl (C=O) groups is 3. The van der Waals surface area contributed by atoms with E-state index in [9.17, 15) is 66.3 Å². The van der Waals surface area contributed by atoms with Gasteiger partial charge in [0.25, 0.3) is 11.8 Å². The molecule has 0 unspecified atom stereocenters. The lowest BCUT2D eigenvalue weighted by atomic mass is 9.81. The second-order valence-electron chi connectivity index (χ2n) is 18.6.